The predicted molar refractivity (Wildman–Crippen MR) is 97.9 cm³/mol. The van der Waals surface area contributed by atoms with Gasteiger partial charge in [0.25, 0.3) is 5.91 Å². The fraction of sp³-hybridized carbons (Fsp3) is 0.400. The van der Waals surface area contributed by atoms with Crippen LogP contribution in [0.25, 0.3) is 0 Å². The standard InChI is InChI=1S/C20H26N2O3/c1-5-25-20(24)18-14(3)17(15(4)22-18)19(23)21-13(2)11-12-16-9-7-6-8-10-16/h6-10,13,22H,5,11-12H2,1-4H3,(H,21,23). The molecule has 1 amide bonds. The molecule has 2 aromatic rings. The number of carbonyl (C=O) groups is 2. The summed E-state index contributed by atoms with van der Waals surface area (Å²) in [6.07, 6.45) is 1.75. The van der Waals surface area contributed by atoms with E-state index >= 15 is 0 Å². The summed E-state index contributed by atoms with van der Waals surface area (Å²) in [4.78, 5) is 27.5. The van der Waals surface area contributed by atoms with Gasteiger partial charge in [0, 0.05) is 11.7 Å². The van der Waals surface area contributed by atoms with Crippen LogP contribution in [0.1, 0.15) is 57.9 Å². The molecule has 0 saturated carbocycles. The SMILES string of the molecule is CCOC(=O)c1[nH]c(C)c(C(=O)NC(C)CCc2ccccc2)c1C. The van der Waals surface area contributed by atoms with Crippen LogP contribution in [0.2, 0.25) is 0 Å². The number of benzene rings is 1. The number of amides is 1. The molecule has 0 bridgehead atoms. The van der Waals surface area contributed by atoms with Gasteiger partial charge in [-0.1, -0.05) is 30.3 Å². The molecule has 1 aromatic heterocycles. The molecular weight excluding hydrogens is 316 g/mol. The molecule has 1 atom stereocenters. The van der Waals surface area contributed by atoms with Crippen molar-refractivity contribution in [2.24, 2.45) is 0 Å². The van der Waals surface area contributed by atoms with Gasteiger partial charge in [-0.05, 0) is 51.7 Å². The molecule has 5 heteroatoms. The van der Waals surface area contributed by atoms with Crippen molar-refractivity contribution < 1.29 is 14.3 Å². The number of ether oxygens (including phenoxy) is 1. The third-order valence-electron chi connectivity index (χ3n) is 4.23. The lowest BCUT2D eigenvalue weighted by atomic mass is 10.0. The van der Waals surface area contributed by atoms with Crippen molar-refractivity contribution in [3.8, 4) is 0 Å². The second kappa shape index (κ2) is 8.51. The summed E-state index contributed by atoms with van der Waals surface area (Å²) in [5.74, 6) is -0.596. The first-order valence-corrected chi connectivity index (χ1v) is 8.65. The average molecular weight is 342 g/mol. The molecule has 1 unspecified atom stereocenters. The minimum absolute atomic E-state index is 0.0347. The molecule has 0 fully saturated rings. The summed E-state index contributed by atoms with van der Waals surface area (Å²) in [7, 11) is 0. The van der Waals surface area contributed by atoms with Gasteiger partial charge in [-0.3, -0.25) is 4.79 Å². The largest absolute Gasteiger partial charge is 0.461 e. The highest BCUT2D eigenvalue weighted by Crippen LogP contribution is 2.19. The molecule has 0 radical (unpaired) electrons. The molecule has 0 aliphatic heterocycles. The highest BCUT2D eigenvalue weighted by atomic mass is 16.5. The summed E-state index contributed by atoms with van der Waals surface area (Å²) in [6, 6.07) is 10.2. The summed E-state index contributed by atoms with van der Waals surface area (Å²) in [5, 5.41) is 3.02. The van der Waals surface area contributed by atoms with Crippen LogP contribution in [0.3, 0.4) is 0 Å². The molecule has 1 aromatic carbocycles. The Bertz CT molecular complexity index is 735. The Morgan fingerprint density at radius 2 is 1.88 bits per heavy atom. The van der Waals surface area contributed by atoms with Crippen LogP contribution in [0.15, 0.2) is 30.3 Å². The minimum atomic E-state index is -0.431. The number of hydrogen-bond donors (Lipinski definition) is 2. The van der Waals surface area contributed by atoms with E-state index in [-0.39, 0.29) is 11.9 Å². The highest BCUT2D eigenvalue weighted by molar-refractivity contribution is 6.01. The Morgan fingerprint density at radius 3 is 2.52 bits per heavy atom. The first-order valence-electron chi connectivity index (χ1n) is 8.65. The van der Waals surface area contributed by atoms with Gasteiger partial charge in [0.15, 0.2) is 0 Å². The van der Waals surface area contributed by atoms with Crippen LogP contribution in [0.5, 0.6) is 0 Å². The maximum absolute atomic E-state index is 12.6. The highest BCUT2D eigenvalue weighted by Gasteiger charge is 2.23. The van der Waals surface area contributed by atoms with E-state index in [0.29, 0.717) is 29.1 Å². The molecule has 0 aliphatic rings. The Hall–Kier alpha value is -2.56. The van der Waals surface area contributed by atoms with E-state index in [9.17, 15) is 9.59 Å². The number of hydrogen-bond acceptors (Lipinski definition) is 3. The van der Waals surface area contributed by atoms with Crippen molar-refractivity contribution in [1.29, 1.82) is 0 Å². The van der Waals surface area contributed by atoms with Gasteiger partial charge in [-0.25, -0.2) is 4.79 Å². The van der Waals surface area contributed by atoms with Crippen molar-refractivity contribution in [1.82, 2.24) is 10.3 Å². The van der Waals surface area contributed by atoms with Crippen molar-refractivity contribution in [3.05, 3.63) is 58.4 Å². The predicted octanol–water partition coefficient (Wildman–Crippen LogP) is 3.56. The fourth-order valence-electron chi connectivity index (χ4n) is 2.89. The Kier molecular flexibility index (Phi) is 6.39. The lowest BCUT2D eigenvalue weighted by molar-refractivity contribution is 0.0519. The van der Waals surface area contributed by atoms with Crippen LogP contribution in [0, 0.1) is 13.8 Å². The van der Waals surface area contributed by atoms with E-state index < -0.39 is 5.97 Å². The molecule has 25 heavy (non-hydrogen) atoms. The second-order valence-corrected chi connectivity index (χ2v) is 6.24. The van der Waals surface area contributed by atoms with Crippen LogP contribution < -0.4 is 5.32 Å². The van der Waals surface area contributed by atoms with Crippen molar-refractivity contribution in [3.63, 3.8) is 0 Å². The van der Waals surface area contributed by atoms with E-state index in [1.807, 2.05) is 25.1 Å². The summed E-state index contributed by atoms with van der Waals surface area (Å²) >= 11 is 0. The molecule has 134 valence electrons. The molecule has 1 heterocycles. The quantitative estimate of drug-likeness (QED) is 0.756. The second-order valence-electron chi connectivity index (χ2n) is 6.24. The van der Waals surface area contributed by atoms with Crippen molar-refractivity contribution >= 4 is 11.9 Å². The number of aromatic amines is 1. The van der Waals surface area contributed by atoms with E-state index in [1.54, 1.807) is 20.8 Å². The average Bonchev–Trinajstić information content (AvgIpc) is 2.89. The van der Waals surface area contributed by atoms with Gasteiger partial charge in [-0.2, -0.15) is 0 Å². The van der Waals surface area contributed by atoms with E-state index in [4.69, 9.17) is 4.74 Å². The summed E-state index contributed by atoms with van der Waals surface area (Å²) in [6.45, 7) is 7.60. The topological polar surface area (TPSA) is 71.2 Å². The summed E-state index contributed by atoms with van der Waals surface area (Å²) in [5.41, 5.74) is 3.43. The zero-order chi connectivity index (χ0) is 18.4. The maximum Gasteiger partial charge on any atom is 0.355 e. The summed E-state index contributed by atoms with van der Waals surface area (Å²) < 4.78 is 5.02. The van der Waals surface area contributed by atoms with Crippen LogP contribution in [0.4, 0.5) is 0 Å². The third kappa shape index (κ3) is 4.72. The maximum atomic E-state index is 12.6. The van der Waals surface area contributed by atoms with E-state index in [2.05, 4.69) is 22.4 Å². The first-order chi connectivity index (χ1) is 11.9. The number of nitrogens with one attached hydrogen (secondary N) is 2. The third-order valence-corrected chi connectivity index (χ3v) is 4.23. The number of H-pyrrole nitrogens is 1. The normalized spacial score (nSPS) is 11.8. The van der Waals surface area contributed by atoms with E-state index in [0.717, 1.165) is 12.8 Å². The lowest BCUT2D eigenvalue weighted by Gasteiger charge is -2.14. The number of aryl methyl sites for hydroxylation is 2. The molecular formula is C20H26N2O3. The van der Waals surface area contributed by atoms with Crippen molar-refractivity contribution in [2.45, 2.75) is 46.6 Å². The monoisotopic (exact) mass is 342 g/mol. The molecule has 0 spiro atoms. The van der Waals surface area contributed by atoms with Crippen LogP contribution in [-0.4, -0.2) is 29.5 Å². The number of carbonyl (C=O) groups excluding carboxylic acids is 2. The van der Waals surface area contributed by atoms with Gasteiger partial charge >= 0.3 is 5.97 Å². The van der Waals surface area contributed by atoms with Crippen LogP contribution in [-0.2, 0) is 11.2 Å². The molecule has 0 aliphatic carbocycles. The minimum Gasteiger partial charge on any atom is -0.461 e. The van der Waals surface area contributed by atoms with Gasteiger partial charge < -0.3 is 15.0 Å². The van der Waals surface area contributed by atoms with Gasteiger partial charge in [0.05, 0.1) is 12.2 Å². The molecule has 2 rings (SSSR count). The Morgan fingerprint density at radius 1 is 1.20 bits per heavy atom. The Labute approximate surface area is 148 Å². The molecule has 5 nitrogen and oxygen atoms in total. The number of aromatic nitrogens is 1. The lowest BCUT2D eigenvalue weighted by Crippen LogP contribution is -2.33. The number of rotatable bonds is 7. The van der Waals surface area contributed by atoms with Gasteiger partial charge in [0.2, 0.25) is 0 Å². The fourth-order valence-corrected chi connectivity index (χ4v) is 2.89. The number of esters is 1. The van der Waals surface area contributed by atoms with E-state index in [1.165, 1.54) is 5.56 Å². The smallest absolute Gasteiger partial charge is 0.355 e. The first kappa shape index (κ1) is 18.8. The van der Waals surface area contributed by atoms with Crippen LogP contribution >= 0.6 is 0 Å². The zero-order valence-corrected chi connectivity index (χ0v) is 15.3. The van der Waals surface area contributed by atoms with Gasteiger partial charge in [-0.15, -0.1) is 0 Å². The Balaban J connectivity index is 2.01. The van der Waals surface area contributed by atoms with Crippen molar-refractivity contribution in [2.75, 3.05) is 6.61 Å². The molecule has 0 saturated heterocycles. The molecule has 2 N–H and O–H groups in total. The zero-order valence-electron chi connectivity index (χ0n) is 15.3. The van der Waals surface area contributed by atoms with Gasteiger partial charge in [0.1, 0.15) is 5.69 Å².